The fourth-order valence-corrected chi connectivity index (χ4v) is 5.15. The van der Waals surface area contributed by atoms with Gasteiger partial charge in [0.1, 0.15) is 17.3 Å². The van der Waals surface area contributed by atoms with E-state index in [2.05, 4.69) is 0 Å². The van der Waals surface area contributed by atoms with Crippen LogP contribution >= 0.6 is 0 Å². The van der Waals surface area contributed by atoms with Crippen LogP contribution in [-0.2, 0) is 23.8 Å². The molecule has 0 saturated carbocycles. The molecule has 6 heteroatoms. The molecule has 0 amide bonds. The zero-order valence-corrected chi connectivity index (χ0v) is 15.9. The molecule has 0 aromatic carbocycles. The summed E-state index contributed by atoms with van der Waals surface area (Å²) in [5, 5.41) is 11.4. The van der Waals surface area contributed by atoms with E-state index in [1.54, 1.807) is 39.8 Å². The van der Waals surface area contributed by atoms with Crippen molar-refractivity contribution in [2.24, 2.45) is 17.3 Å². The quantitative estimate of drug-likeness (QED) is 0.569. The van der Waals surface area contributed by atoms with E-state index in [9.17, 15) is 14.7 Å². The molecule has 7 atom stereocenters. The van der Waals surface area contributed by atoms with E-state index in [0.717, 1.165) is 0 Å². The van der Waals surface area contributed by atoms with Crippen molar-refractivity contribution in [3.63, 3.8) is 0 Å². The predicted octanol–water partition coefficient (Wildman–Crippen LogP) is 2.26. The molecule has 0 unspecified atom stereocenters. The van der Waals surface area contributed by atoms with Crippen molar-refractivity contribution >= 4 is 11.8 Å². The lowest BCUT2D eigenvalue weighted by Gasteiger charge is -2.35. The molecule has 0 aliphatic carbocycles. The van der Waals surface area contributed by atoms with Gasteiger partial charge in [0.05, 0.1) is 6.10 Å². The van der Waals surface area contributed by atoms with E-state index in [1.165, 1.54) is 0 Å². The molecule has 3 saturated heterocycles. The van der Waals surface area contributed by atoms with Crippen LogP contribution in [0.25, 0.3) is 0 Å². The topological polar surface area (TPSA) is 82.1 Å². The monoisotopic (exact) mass is 362 g/mol. The maximum Gasteiger partial charge on any atom is 0.318 e. The van der Waals surface area contributed by atoms with E-state index >= 15 is 0 Å². The minimum atomic E-state index is -1.75. The maximum atomic E-state index is 12.9. The number of fused-ring (bicyclic) bond motifs is 2. The number of ether oxygens (including phenoxy) is 3. The molecule has 26 heavy (non-hydrogen) atoms. The third-order valence-electron chi connectivity index (χ3n) is 6.94. The van der Waals surface area contributed by atoms with Gasteiger partial charge in [-0.1, -0.05) is 13.0 Å². The lowest BCUT2D eigenvalue weighted by atomic mass is 9.66. The second-order valence-electron chi connectivity index (χ2n) is 8.53. The van der Waals surface area contributed by atoms with E-state index in [-0.39, 0.29) is 30.1 Å². The Labute approximate surface area is 153 Å². The summed E-state index contributed by atoms with van der Waals surface area (Å²) in [5.41, 5.74) is -1.68. The van der Waals surface area contributed by atoms with Crippen molar-refractivity contribution in [1.82, 2.24) is 0 Å². The number of aliphatic hydroxyl groups is 1. The first-order chi connectivity index (χ1) is 12.1. The Kier molecular flexibility index (Phi) is 3.55. The Morgan fingerprint density at radius 1 is 1.31 bits per heavy atom. The number of hydrogen-bond donors (Lipinski definition) is 1. The summed E-state index contributed by atoms with van der Waals surface area (Å²) in [6, 6.07) is 0. The molecule has 0 aromatic rings. The summed E-state index contributed by atoms with van der Waals surface area (Å²) >= 11 is 0. The molecule has 0 spiro atoms. The van der Waals surface area contributed by atoms with Crippen LogP contribution in [0.5, 0.6) is 0 Å². The van der Waals surface area contributed by atoms with E-state index in [1.807, 2.05) is 6.92 Å². The van der Waals surface area contributed by atoms with Gasteiger partial charge in [-0.05, 0) is 39.7 Å². The third-order valence-corrected chi connectivity index (χ3v) is 6.94. The number of rotatable bonds is 1. The van der Waals surface area contributed by atoms with Gasteiger partial charge >= 0.3 is 5.97 Å². The van der Waals surface area contributed by atoms with Crippen LogP contribution in [0.4, 0.5) is 0 Å². The van der Waals surface area contributed by atoms with Gasteiger partial charge in [-0.3, -0.25) is 9.59 Å². The minimum Gasteiger partial charge on any atom is -0.483 e. The van der Waals surface area contributed by atoms with Gasteiger partial charge in [0, 0.05) is 24.3 Å². The van der Waals surface area contributed by atoms with Gasteiger partial charge < -0.3 is 19.3 Å². The molecule has 1 N–H and O–H groups in total. The highest BCUT2D eigenvalue weighted by atomic mass is 16.7. The second-order valence-corrected chi connectivity index (χ2v) is 8.53. The van der Waals surface area contributed by atoms with E-state index in [0.29, 0.717) is 17.8 Å². The average molecular weight is 362 g/mol. The number of carbonyl (C=O) groups is 2. The highest BCUT2D eigenvalue weighted by Gasteiger charge is 2.74. The van der Waals surface area contributed by atoms with Gasteiger partial charge in [0.25, 0.3) is 0 Å². The zero-order chi connectivity index (χ0) is 19.1. The number of hydrogen-bond acceptors (Lipinski definition) is 6. The summed E-state index contributed by atoms with van der Waals surface area (Å²) in [6.07, 6.45) is 3.20. The number of carbonyl (C=O) groups excluding carboxylic acids is 2. The summed E-state index contributed by atoms with van der Waals surface area (Å²) in [5.74, 6) is -2.04. The number of allylic oxidation sites excluding steroid dienone is 2. The van der Waals surface area contributed by atoms with Gasteiger partial charge in [0.15, 0.2) is 5.60 Å². The van der Waals surface area contributed by atoms with Gasteiger partial charge in [-0.2, -0.15) is 0 Å². The summed E-state index contributed by atoms with van der Waals surface area (Å²) in [7, 11) is 0. The van der Waals surface area contributed by atoms with Gasteiger partial charge in [0.2, 0.25) is 11.6 Å². The Hall–Kier alpha value is -1.66. The first kappa shape index (κ1) is 17.7. The van der Waals surface area contributed by atoms with Crippen LogP contribution in [0, 0.1) is 17.3 Å². The largest absolute Gasteiger partial charge is 0.483 e. The van der Waals surface area contributed by atoms with E-state index in [4.69, 9.17) is 14.2 Å². The van der Waals surface area contributed by atoms with Crippen LogP contribution in [0.15, 0.2) is 23.5 Å². The molecule has 0 radical (unpaired) electrons. The molecule has 4 aliphatic rings. The molecule has 3 fully saturated rings. The van der Waals surface area contributed by atoms with Gasteiger partial charge in [-0.25, -0.2) is 0 Å². The lowest BCUT2D eigenvalue weighted by molar-refractivity contribution is -0.220. The average Bonchev–Trinajstić information content (AvgIpc) is 3.09. The highest BCUT2D eigenvalue weighted by Crippen LogP contribution is 2.61. The summed E-state index contributed by atoms with van der Waals surface area (Å²) < 4.78 is 17.9. The minimum absolute atomic E-state index is 0.0591. The second kappa shape index (κ2) is 5.20. The molecule has 142 valence electrons. The third kappa shape index (κ3) is 1.94. The fraction of sp³-hybridized carbons (Fsp3) is 0.700. The summed E-state index contributed by atoms with van der Waals surface area (Å²) in [4.78, 5) is 25.5. The standard InChI is InChI=1S/C20H26O6/c1-6-11(3)20(23)19(5)16-13(24-17(19)22)7-10(2)12-8-15(21)18(4,25-12)9-14(16)26-20/h6,8,10,13-14,16,23H,7,9H2,1-5H3/b11-6-/t10-,13+,14-,16-,18+,19+,20+/m0/s1. The Balaban J connectivity index is 1.85. The molecule has 4 heterocycles. The van der Waals surface area contributed by atoms with Crippen LogP contribution in [0.1, 0.15) is 47.5 Å². The van der Waals surface area contributed by atoms with Gasteiger partial charge in [-0.15, -0.1) is 0 Å². The van der Waals surface area contributed by atoms with Crippen LogP contribution < -0.4 is 0 Å². The molecule has 0 aromatic heterocycles. The van der Waals surface area contributed by atoms with Crippen molar-refractivity contribution in [2.45, 2.75) is 71.1 Å². The molecule has 6 nitrogen and oxygen atoms in total. The van der Waals surface area contributed by atoms with Crippen LogP contribution in [0.2, 0.25) is 0 Å². The Morgan fingerprint density at radius 3 is 2.65 bits per heavy atom. The first-order valence-electron chi connectivity index (χ1n) is 9.26. The Morgan fingerprint density at radius 2 is 2.00 bits per heavy atom. The SMILES string of the molecule is C/C=C(/C)[C@@]1(O)O[C@H]2C[C@@]3(C)OC(=CC3=O)[C@@H](C)C[C@H]3OC(=O)[C@@]1(C)[C@H]23. The molecular formula is C20H26O6. The fourth-order valence-electron chi connectivity index (χ4n) is 5.15. The maximum absolute atomic E-state index is 12.9. The highest BCUT2D eigenvalue weighted by molar-refractivity contribution is 5.99. The molecule has 2 bridgehead atoms. The smallest absolute Gasteiger partial charge is 0.318 e. The van der Waals surface area contributed by atoms with Crippen LogP contribution in [-0.4, -0.2) is 40.5 Å². The van der Waals surface area contributed by atoms with Crippen molar-refractivity contribution in [3.8, 4) is 0 Å². The van der Waals surface area contributed by atoms with Crippen molar-refractivity contribution < 1.29 is 28.9 Å². The first-order valence-corrected chi connectivity index (χ1v) is 9.26. The molecule has 4 aliphatic heterocycles. The van der Waals surface area contributed by atoms with Crippen molar-refractivity contribution in [3.05, 3.63) is 23.5 Å². The summed E-state index contributed by atoms with van der Waals surface area (Å²) in [6.45, 7) is 8.99. The van der Waals surface area contributed by atoms with Crippen molar-refractivity contribution in [2.75, 3.05) is 0 Å². The number of ketones is 1. The lowest BCUT2D eigenvalue weighted by Crippen LogP contribution is -2.49. The van der Waals surface area contributed by atoms with Crippen LogP contribution in [0.3, 0.4) is 0 Å². The molecule has 4 rings (SSSR count). The zero-order valence-electron chi connectivity index (χ0n) is 15.9. The predicted molar refractivity (Wildman–Crippen MR) is 91.7 cm³/mol. The Bertz CT molecular complexity index is 753. The van der Waals surface area contributed by atoms with Crippen molar-refractivity contribution in [1.29, 1.82) is 0 Å². The van der Waals surface area contributed by atoms with E-state index < -0.39 is 28.9 Å². The number of esters is 1. The normalized spacial score (nSPS) is 50.4. The molecular weight excluding hydrogens is 336 g/mol.